The lowest BCUT2D eigenvalue weighted by atomic mass is 10.1. The molecule has 0 unspecified atom stereocenters. The standard InChI is InChI=1S/C20H25N3O3/c1-15(24)22-17-7-9-18(10-8-17)23-20(25)12-14-21-13-11-16-5-3-4-6-19(16)26-2/h3-10,21H,11-14H2,1-2H3,(H,22,24)(H,23,25). The van der Waals surface area contributed by atoms with Gasteiger partial charge >= 0.3 is 0 Å². The second-order valence-electron chi connectivity index (χ2n) is 5.87. The molecule has 0 radical (unpaired) electrons. The molecule has 0 atom stereocenters. The summed E-state index contributed by atoms with van der Waals surface area (Å²) >= 11 is 0. The summed E-state index contributed by atoms with van der Waals surface area (Å²) in [5.74, 6) is 0.706. The van der Waals surface area contributed by atoms with Gasteiger partial charge in [0.25, 0.3) is 0 Å². The van der Waals surface area contributed by atoms with Gasteiger partial charge in [-0.3, -0.25) is 9.59 Å². The molecule has 0 aromatic heterocycles. The van der Waals surface area contributed by atoms with E-state index >= 15 is 0 Å². The Morgan fingerprint density at radius 3 is 2.23 bits per heavy atom. The predicted molar refractivity (Wildman–Crippen MR) is 104 cm³/mol. The number of carbonyl (C=O) groups is 2. The number of hydrogen-bond acceptors (Lipinski definition) is 4. The van der Waals surface area contributed by atoms with Gasteiger partial charge in [0.15, 0.2) is 0 Å². The Morgan fingerprint density at radius 2 is 1.58 bits per heavy atom. The highest BCUT2D eigenvalue weighted by atomic mass is 16.5. The molecule has 3 N–H and O–H groups in total. The molecule has 6 nitrogen and oxygen atoms in total. The summed E-state index contributed by atoms with van der Waals surface area (Å²) in [6.45, 7) is 2.83. The van der Waals surface area contributed by atoms with Crippen molar-refractivity contribution in [3.05, 3.63) is 54.1 Å². The summed E-state index contributed by atoms with van der Waals surface area (Å²) in [6, 6.07) is 14.9. The molecule has 0 aliphatic rings. The Kier molecular flexibility index (Phi) is 7.64. The molecule has 138 valence electrons. The molecule has 0 saturated heterocycles. The zero-order valence-corrected chi connectivity index (χ0v) is 15.2. The van der Waals surface area contributed by atoms with Gasteiger partial charge in [-0.25, -0.2) is 0 Å². The minimum atomic E-state index is -0.124. The molecular formula is C20H25N3O3. The van der Waals surface area contributed by atoms with Crippen LogP contribution in [0, 0.1) is 0 Å². The van der Waals surface area contributed by atoms with Gasteiger partial charge in [-0.05, 0) is 48.9 Å². The number of ether oxygens (including phenoxy) is 1. The van der Waals surface area contributed by atoms with E-state index in [9.17, 15) is 9.59 Å². The molecule has 0 saturated carbocycles. The first-order valence-corrected chi connectivity index (χ1v) is 8.58. The van der Waals surface area contributed by atoms with Crippen molar-refractivity contribution in [3.8, 4) is 5.75 Å². The van der Waals surface area contributed by atoms with Crippen LogP contribution in [0.4, 0.5) is 11.4 Å². The number of anilines is 2. The summed E-state index contributed by atoms with van der Waals surface area (Å²) in [5, 5.41) is 8.79. The van der Waals surface area contributed by atoms with Crippen molar-refractivity contribution in [1.29, 1.82) is 0 Å². The Bertz CT molecular complexity index is 729. The fraction of sp³-hybridized carbons (Fsp3) is 0.300. The van der Waals surface area contributed by atoms with Crippen LogP contribution < -0.4 is 20.7 Å². The topological polar surface area (TPSA) is 79.5 Å². The van der Waals surface area contributed by atoms with Crippen molar-refractivity contribution >= 4 is 23.2 Å². The lowest BCUT2D eigenvalue weighted by molar-refractivity contribution is -0.116. The van der Waals surface area contributed by atoms with E-state index < -0.39 is 0 Å². The van der Waals surface area contributed by atoms with Crippen molar-refractivity contribution in [2.75, 3.05) is 30.8 Å². The van der Waals surface area contributed by atoms with Gasteiger partial charge in [0.05, 0.1) is 7.11 Å². The van der Waals surface area contributed by atoms with Crippen LogP contribution in [0.25, 0.3) is 0 Å². The summed E-state index contributed by atoms with van der Waals surface area (Å²) in [5.41, 5.74) is 2.55. The van der Waals surface area contributed by atoms with Crippen LogP contribution in [-0.2, 0) is 16.0 Å². The first-order valence-electron chi connectivity index (χ1n) is 8.58. The minimum Gasteiger partial charge on any atom is -0.496 e. The maximum Gasteiger partial charge on any atom is 0.225 e. The monoisotopic (exact) mass is 355 g/mol. The Hall–Kier alpha value is -2.86. The fourth-order valence-corrected chi connectivity index (χ4v) is 2.52. The summed E-state index contributed by atoms with van der Waals surface area (Å²) in [7, 11) is 1.67. The summed E-state index contributed by atoms with van der Waals surface area (Å²) in [6.07, 6.45) is 1.23. The molecule has 0 aliphatic carbocycles. The summed E-state index contributed by atoms with van der Waals surface area (Å²) in [4.78, 5) is 22.9. The van der Waals surface area contributed by atoms with Crippen LogP contribution in [-0.4, -0.2) is 32.0 Å². The van der Waals surface area contributed by atoms with E-state index in [2.05, 4.69) is 16.0 Å². The molecule has 0 aliphatic heterocycles. The van der Waals surface area contributed by atoms with E-state index in [1.807, 2.05) is 24.3 Å². The first-order chi connectivity index (χ1) is 12.6. The van der Waals surface area contributed by atoms with Crippen molar-refractivity contribution in [2.24, 2.45) is 0 Å². The maximum atomic E-state index is 12.0. The smallest absolute Gasteiger partial charge is 0.225 e. The molecule has 6 heteroatoms. The predicted octanol–water partition coefficient (Wildman–Crippen LogP) is 2.81. The number of hydrogen-bond donors (Lipinski definition) is 3. The van der Waals surface area contributed by atoms with Gasteiger partial charge < -0.3 is 20.7 Å². The zero-order valence-electron chi connectivity index (χ0n) is 15.2. The minimum absolute atomic E-state index is 0.0536. The van der Waals surface area contributed by atoms with E-state index in [-0.39, 0.29) is 11.8 Å². The van der Waals surface area contributed by atoms with E-state index in [4.69, 9.17) is 4.74 Å². The van der Waals surface area contributed by atoms with E-state index in [0.717, 1.165) is 24.3 Å². The molecule has 0 fully saturated rings. The number of nitrogens with one attached hydrogen (secondary N) is 3. The molecule has 0 spiro atoms. The average molecular weight is 355 g/mol. The van der Waals surface area contributed by atoms with Crippen LogP contribution in [0.15, 0.2) is 48.5 Å². The van der Waals surface area contributed by atoms with Crippen molar-refractivity contribution < 1.29 is 14.3 Å². The Balaban J connectivity index is 1.66. The molecule has 2 aromatic rings. The largest absolute Gasteiger partial charge is 0.496 e. The average Bonchev–Trinajstić information content (AvgIpc) is 2.63. The molecule has 2 aromatic carbocycles. The maximum absolute atomic E-state index is 12.0. The zero-order chi connectivity index (χ0) is 18.8. The van der Waals surface area contributed by atoms with Gasteiger partial charge in [-0.15, -0.1) is 0 Å². The third-order valence-electron chi connectivity index (χ3n) is 3.78. The fourth-order valence-electron chi connectivity index (χ4n) is 2.52. The van der Waals surface area contributed by atoms with Gasteiger partial charge in [0.2, 0.25) is 11.8 Å². The van der Waals surface area contributed by atoms with Crippen molar-refractivity contribution in [2.45, 2.75) is 19.8 Å². The SMILES string of the molecule is COc1ccccc1CCNCCC(=O)Nc1ccc(NC(C)=O)cc1. The lowest BCUT2D eigenvalue weighted by Crippen LogP contribution is -2.23. The van der Waals surface area contributed by atoms with Gasteiger partial charge in [-0.1, -0.05) is 18.2 Å². The van der Waals surface area contributed by atoms with Gasteiger partial charge in [0, 0.05) is 31.3 Å². The highest BCUT2D eigenvalue weighted by Gasteiger charge is 2.04. The van der Waals surface area contributed by atoms with Crippen LogP contribution in [0.3, 0.4) is 0 Å². The van der Waals surface area contributed by atoms with E-state index in [1.54, 1.807) is 31.4 Å². The van der Waals surface area contributed by atoms with Crippen LogP contribution in [0.5, 0.6) is 5.75 Å². The molecular weight excluding hydrogens is 330 g/mol. The van der Waals surface area contributed by atoms with Crippen LogP contribution in [0.2, 0.25) is 0 Å². The number of benzene rings is 2. The third kappa shape index (κ3) is 6.57. The highest BCUT2D eigenvalue weighted by molar-refractivity contribution is 5.92. The second kappa shape index (κ2) is 10.2. The quantitative estimate of drug-likeness (QED) is 0.604. The van der Waals surface area contributed by atoms with E-state index in [0.29, 0.717) is 24.3 Å². The normalized spacial score (nSPS) is 10.2. The molecule has 2 amide bonds. The lowest BCUT2D eigenvalue weighted by Gasteiger charge is -2.09. The molecule has 0 bridgehead atoms. The van der Waals surface area contributed by atoms with Crippen LogP contribution in [0.1, 0.15) is 18.9 Å². The van der Waals surface area contributed by atoms with Crippen LogP contribution >= 0.6 is 0 Å². The number of para-hydroxylation sites is 1. The van der Waals surface area contributed by atoms with Crippen molar-refractivity contribution in [1.82, 2.24) is 5.32 Å². The first kappa shape index (κ1) is 19.5. The number of methoxy groups -OCH3 is 1. The molecule has 0 heterocycles. The third-order valence-corrected chi connectivity index (χ3v) is 3.78. The summed E-state index contributed by atoms with van der Waals surface area (Å²) < 4.78 is 5.32. The van der Waals surface area contributed by atoms with Gasteiger partial charge in [-0.2, -0.15) is 0 Å². The number of amides is 2. The van der Waals surface area contributed by atoms with Gasteiger partial charge in [0.1, 0.15) is 5.75 Å². The van der Waals surface area contributed by atoms with Crippen molar-refractivity contribution in [3.63, 3.8) is 0 Å². The highest BCUT2D eigenvalue weighted by Crippen LogP contribution is 2.17. The number of rotatable bonds is 9. The van der Waals surface area contributed by atoms with E-state index in [1.165, 1.54) is 6.92 Å². The number of carbonyl (C=O) groups excluding carboxylic acids is 2. The second-order valence-corrected chi connectivity index (χ2v) is 5.87. The molecule has 26 heavy (non-hydrogen) atoms. The Morgan fingerprint density at radius 1 is 0.923 bits per heavy atom. The Labute approximate surface area is 153 Å². The molecule has 2 rings (SSSR count).